The van der Waals surface area contributed by atoms with Crippen molar-refractivity contribution >= 4 is 28.9 Å². The van der Waals surface area contributed by atoms with Gasteiger partial charge in [-0.3, -0.25) is 4.99 Å². The molecule has 0 saturated heterocycles. The summed E-state index contributed by atoms with van der Waals surface area (Å²) in [6, 6.07) is 7.75. The maximum Gasteiger partial charge on any atom is 0.0647 e. The van der Waals surface area contributed by atoms with Crippen LogP contribution >= 0.6 is 23.2 Å². The minimum Gasteiger partial charge on any atom is -0.256 e. The molecule has 0 fully saturated rings. The Morgan fingerprint density at radius 2 is 1.93 bits per heavy atom. The molecular formula is C12H11Cl2N. The van der Waals surface area contributed by atoms with Gasteiger partial charge in [0.25, 0.3) is 0 Å². The lowest BCUT2D eigenvalue weighted by atomic mass is 10.1. The first-order valence-electron chi connectivity index (χ1n) is 4.79. The quantitative estimate of drug-likeness (QED) is 0.691. The van der Waals surface area contributed by atoms with Crippen molar-refractivity contribution in [2.24, 2.45) is 4.99 Å². The molecule has 1 aromatic rings. The normalized spacial score (nSPS) is 15.8. The molecule has 0 unspecified atom stereocenters. The van der Waals surface area contributed by atoms with E-state index in [1.807, 2.05) is 24.3 Å². The molecule has 1 aliphatic rings. The number of hydrogen-bond donors (Lipinski definition) is 0. The number of hydrogen-bond acceptors (Lipinski definition) is 1. The summed E-state index contributed by atoms with van der Waals surface area (Å²) in [5, 5.41) is 0.750. The zero-order chi connectivity index (χ0) is 10.8. The van der Waals surface area contributed by atoms with Crippen molar-refractivity contribution < 1.29 is 0 Å². The highest BCUT2D eigenvalue weighted by atomic mass is 35.5. The van der Waals surface area contributed by atoms with E-state index in [-0.39, 0.29) is 0 Å². The summed E-state index contributed by atoms with van der Waals surface area (Å²) in [5.74, 6) is 0.489. The fourth-order valence-electron chi connectivity index (χ4n) is 1.60. The zero-order valence-corrected chi connectivity index (χ0v) is 9.94. The maximum absolute atomic E-state index is 5.83. The molecule has 2 rings (SSSR count). The number of halogens is 2. The summed E-state index contributed by atoms with van der Waals surface area (Å²) in [7, 11) is 0. The van der Waals surface area contributed by atoms with Crippen LogP contribution in [0.4, 0.5) is 0 Å². The lowest BCUT2D eigenvalue weighted by molar-refractivity contribution is 1.22. The van der Waals surface area contributed by atoms with E-state index in [1.165, 1.54) is 5.57 Å². The first-order chi connectivity index (χ1) is 7.20. The summed E-state index contributed by atoms with van der Waals surface area (Å²) in [5.41, 5.74) is 4.47. The van der Waals surface area contributed by atoms with Crippen molar-refractivity contribution in [1.29, 1.82) is 0 Å². The molecule has 0 spiro atoms. The molecule has 3 heteroatoms. The van der Waals surface area contributed by atoms with Gasteiger partial charge in [-0.25, -0.2) is 0 Å². The van der Waals surface area contributed by atoms with Crippen LogP contribution in [0.5, 0.6) is 0 Å². The van der Waals surface area contributed by atoms with Gasteiger partial charge < -0.3 is 0 Å². The van der Waals surface area contributed by atoms with Gasteiger partial charge in [0.05, 0.1) is 17.3 Å². The van der Waals surface area contributed by atoms with Gasteiger partial charge in [-0.15, -0.1) is 11.6 Å². The van der Waals surface area contributed by atoms with Crippen LogP contribution in [-0.2, 0) is 0 Å². The topological polar surface area (TPSA) is 12.4 Å². The van der Waals surface area contributed by atoms with Gasteiger partial charge in [0.2, 0.25) is 0 Å². The third-order valence-corrected chi connectivity index (χ3v) is 3.00. The highest BCUT2D eigenvalue weighted by Gasteiger charge is 2.14. The molecule has 1 aromatic carbocycles. The molecule has 0 aliphatic carbocycles. The minimum absolute atomic E-state index is 0.489. The molecule has 0 atom stereocenters. The third kappa shape index (κ3) is 2.24. The summed E-state index contributed by atoms with van der Waals surface area (Å²) in [6.07, 6.45) is 0.893. The Kier molecular flexibility index (Phi) is 3.13. The molecule has 0 N–H and O–H groups in total. The van der Waals surface area contributed by atoms with Crippen molar-refractivity contribution in [3.63, 3.8) is 0 Å². The van der Waals surface area contributed by atoms with Crippen molar-refractivity contribution in [1.82, 2.24) is 0 Å². The summed E-state index contributed by atoms with van der Waals surface area (Å²) >= 11 is 11.6. The third-order valence-electron chi connectivity index (χ3n) is 2.50. The zero-order valence-electron chi connectivity index (χ0n) is 8.43. The van der Waals surface area contributed by atoms with Crippen LogP contribution in [0.1, 0.15) is 18.9 Å². The van der Waals surface area contributed by atoms with E-state index < -0.39 is 0 Å². The van der Waals surface area contributed by atoms with E-state index in [0.717, 1.165) is 28.4 Å². The van der Waals surface area contributed by atoms with Crippen LogP contribution < -0.4 is 0 Å². The SMILES string of the molecule is CC1=C(CCl)N=C(c2ccc(Cl)cc2)C1. The van der Waals surface area contributed by atoms with Gasteiger partial charge in [0.15, 0.2) is 0 Å². The van der Waals surface area contributed by atoms with E-state index in [0.29, 0.717) is 5.88 Å². The Balaban J connectivity index is 2.26. The second-order valence-electron chi connectivity index (χ2n) is 3.60. The van der Waals surface area contributed by atoms with Crippen LogP contribution in [0.25, 0.3) is 0 Å². The lowest BCUT2D eigenvalue weighted by Crippen LogP contribution is -1.96. The predicted octanol–water partition coefficient (Wildman–Crippen LogP) is 4.05. The Labute approximate surface area is 99.4 Å². The van der Waals surface area contributed by atoms with Gasteiger partial charge >= 0.3 is 0 Å². The molecular weight excluding hydrogens is 229 g/mol. The summed E-state index contributed by atoms with van der Waals surface area (Å²) in [4.78, 5) is 4.51. The number of rotatable bonds is 2. The lowest BCUT2D eigenvalue weighted by Gasteiger charge is -2.00. The predicted molar refractivity (Wildman–Crippen MR) is 66.0 cm³/mol. The second-order valence-corrected chi connectivity index (χ2v) is 4.31. The largest absolute Gasteiger partial charge is 0.256 e. The minimum atomic E-state index is 0.489. The fourth-order valence-corrected chi connectivity index (χ4v) is 2.02. The number of benzene rings is 1. The molecule has 0 bridgehead atoms. The van der Waals surface area contributed by atoms with Crippen LogP contribution in [-0.4, -0.2) is 11.6 Å². The van der Waals surface area contributed by atoms with Crippen molar-refractivity contribution in [3.8, 4) is 0 Å². The average Bonchev–Trinajstić information content (AvgIpc) is 2.61. The van der Waals surface area contributed by atoms with Gasteiger partial charge in [0.1, 0.15) is 0 Å². The number of allylic oxidation sites excluding steroid dienone is 2. The molecule has 15 heavy (non-hydrogen) atoms. The molecule has 1 heterocycles. The summed E-state index contributed by atoms with van der Waals surface area (Å²) < 4.78 is 0. The first-order valence-corrected chi connectivity index (χ1v) is 5.70. The van der Waals surface area contributed by atoms with Crippen molar-refractivity contribution in [2.75, 3.05) is 5.88 Å². The average molecular weight is 240 g/mol. The Morgan fingerprint density at radius 3 is 2.47 bits per heavy atom. The number of nitrogens with zero attached hydrogens (tertiary/aromatic N) is 1. The van der Waals surface area contributed by atoms with Gasteiger partial charge in [-0.1, -0.05) is 23.7 Å². The van der Waals surface area contributed by atoms with Crippen LogP contribution in [0.15, 0.2) is 40.5 Å². The molecule has 0 radical (unpaired) electrons. The number of aliphatic imine (C=N–C) groups is 1. The number of alkyl halides is 1. The standard InChI is InChI=1S/C12H11Cl2N/c1-8-6-11(15-12(8)7-13)9-2-4-10(14)5-3-9/h2-5H,6-7H2,1H3. The molecule has 78 valence electrons. The van der Waals surface area contributed by atoms with E-state index in [4.69, 9.17) is 23.2 Å². The molecule has 0 amide bonds. The van der Waals surface area contributed by atoms with Gasteiger partial charge in [-0.2, -0.15) is 0 Å². The van der Waals surface area contributed by atoms with Crippen LogP contribution in [0.3, 0.4) is 0 Å². The van der Waals surface area contributed by atoms with Gasteiger partial charge in [0, 0.05) is 11.4 Å². The smallest absolute Gasteiger partial charge is 0.0647 e. The van der Waals surface area contributed by atoms with E-state index in [9.17, 15) is 0 Å². The van der Waals surface area contributed by atoms with Crippen LogP contribution in [0, 0.1) is 0 Å². The summed E-state index contributed by atoms with van der Waals surface area (Å²) in [6.45, 7) is 2.07. The molecule has 0 saturated carbocycles. The maximum atomic E-state index is 5.83. The highest BCUT2D eigenvalue weighted by Crippen LogP contribution is 2.24. The van der Waals surface area contributed by atoms with Crippen molar-refractivity contribution in [3.05, 3.63) is 46.1 Å². The molecule has 0 aromatic heterocycles. The fraction of sp³-hybridized carbons (Fsp3) is 0.250. The second kappa shape index (κ2) is 4.38. The van der Waals surface area contributed by atoms with E-state index >= 15 is 0 Å². The van der Waals surface area contributed by atoms with Crippen LogP contribution in [0.2, 0.25) is 5.02 Å². The van der Waals surface area contributed by atoms with Crippen molar-refractivity contribution in [2.45, 2.75) is 13.3 Å². The van der Waals surface area contributed by atoms with E-state index in [1.54, 1.807) is 0 Å². The van der Waals surface area contributed by atoms with Gasteiger partial charge in [-0.05, 0) is 30.2 Å². The first kappa shape index (κ1) is 10.7. The molecule has 1 aliphatic heterocycles. The Bertz CT molecular complexity index is 429. The Morgan fingerprint density at radius 1 is 1.27 bits per heavy atom. The molecule has 1 nitrogen and oxygen atoms in total. The Hall–Kier alpha value is -0.790. The van der Waals surface area contributed by atoms with E-state index in [2.05, 4.69) is 11.9 Å². The highest BCUT2D eigenvalue weighted by molar-refractivity contribution is 6.30. The monoisotopic (exact) mass is 239 g/mol.